The van der Waals surface area contributed by atoms with Crippen LogP contribution in [-0.4, -0.2) is 43.8 Å². The number of ether oxygens (including phenoxy) is 6. The molecule has 2 aromatic heterocycles. The number of aryl methyl sites for hydroxylation is 5. The molecule has 9 rings (SSSR count). The Labute approximate surface area is 386 Å². The van der Waals surface area contributed by atoms with Gasteiger partial charge in [0.05, 0.1) is 27.0 Å². The molecule has 0 unspecified atom stereocenters. The molecule has 0 saturated heterocycles. The van der Waals surface area contributed by atoms with Crippen molar-refractivity contribution in [1.29, 1.82) is 0 Å². The van der Waals surface area contributed by atoms with Crippen LogP contribution in [0.15, 0.2) is 143 Å². The van der Waals surface area contributed by atoms with Gasteiger partial charge in [0, 0.05) is 53.8 Å². The number of hydrogen-bond acceptors (Lipinski definition) is 11. The first-order valence-corrected chi connectivity index (χ1v) is 22.1. The lowest BCUT2D eigenvalue weighted by molar-refractivity contribution is -0.135. The predicted molar refractivity (Wildman–Crippen MR) is 253 cm³/mol. The molecule has 1 aliphatic heterocycles. The molecule has 1 aliphatic rings. The van der Waals surface area contributed by atoms with Crippen LogP contribution in [0, 0.1) is 0 Å². The third-order valence-corrected chi connectivity index (χ3v) is 11.9. The van der Waals surface area contributed by atoms with Crippen molar-refractivity contribution < 1.29 is 47.2 Å². The zero-order chi connectivity index (χ0) is 46.4. The summed E-state index contributed by atoms with van der Waals surface area (Å²) in [6.45, 7) is 0.366. The van der Waals surface area contributed by atoms with E-state index < -0.39 is 23.5 Å². The van der Waals surface area contributed by atoms with Crippen molar-refractivity contribution in [3.05, 3.63) is 166 Å². The van der Waals surface area contributed by atoms with Gasteiger partial charge < -0.3 is 37.4 Å². The fourth-order valence-electron chi connectivity index (χ4n) is 8.69. The second-order valence-corrected chi connectivity index (χ2v) is 16.1. The van der Waals surface area contributed by atoms with Gasteiger partial charge >= 0.3 is 23.5 Å². The Kier molecular flexibility index (Phi) is 12.9. The zero-order valence-corrected chi connectivity index (χ0v) is 37.3. The molecule has 0 N–H and O–H groups in total. The van der Waals surface area contributed by atoms with Crippen LogP contribution in [-0.2, 0) is 46.6 Å². The van der Waals surface area contributed by atoms with Crippen LogP contribution in [0.1, 0.15) is 41.5 Å². The molecule has 67 heavy (non-hydrogen) atoms. The van der Waals surface area contributed by atoms with Crippen molar-refractivity contribution in [2.24, 2.45) is 0 Å². The molecule has 0 aliphatic carbocycles. The number of esters is 3. The van der Waals surface area contributed by atoms with Crippen molar-refractivity contribution in [3.63, 3.8) is 0 Å². The number of hydrogen-bond donors (Lipinski definition) is 0. The predicted octanol–water partition coefficient (Wildman–Crippen LogP) is 10.3. The molecule has 0 saturated carbocycles. The van der Waals surface area contributed by atoms with E-state index in [4.69, 9.17) is 32.8 Å². The van der Waals surface area contributed by atoms with Gasteiger partial charge in [0.1, 0.15) is 11.1 Å². The minimum absolute atomic E-state index is 0.0992. The Hall–Kier alpha value is -8.12. The smallest absolute Gasteiger partial charge is 0.361 e. The van der Waals surface area contributed by atoms with Gasteiger partial charge in [-0.1, -0.05) is 97.1 Å². The maximum absolute atomic E-state index is 14.4. The van der Waals surface area contributed by atoms with E-state index >= 15 is 0 Å². The summed E-state index contributed by atoms with van der Waals surface area (Å²) < 4.78 is 43.2. The third-order valence-electron chi connectivity index (χ3n) is 11.9. The van der Waals surface area contributed by atoms with Gasteiger partial charge in [0.25, 0.3) is 0 Å². The van der Waals surface area contributed by atoms with Gasteiger partial charge in [-0.2, -0.15) is 0 Å². The molecule has 0 radical (unpaired) electrons. The molecule has 338 valence electrons. The summed E-state index contributed by atoms with van der Waals surface area (Å²) in [5.74, 6) is 0.169. The van der Waals surface area contributed by atoms with Crippen LogP contribution in [0.3, 0.4) is 0 Å². The number of methoxy groups -OCH3 is 3. The van der Waals surface area contributed by atoms with Crippen LogP contribution in [0.4, 0.5) is 0 Å². The second kappa shape index (κ2) is 19.5. The Morgan fingerprint density at radius 1 is 0.552 bits per heavy atom. The summed E-state index contributed by atoms with van der Waals surface area (Å²) in [4.78, 5) is 54.0. The molecular formula is C55H47NO11. The van der Waals surface area contributed by atoms with Crippen LogP contribution >= 0.6 is 0 Å². The second-order valence-electron chi connectivity index (χ2n) is 16.1. The molecule has 0 fully saturated rings. The van der Waals surface area contributed by atoms with E-state index in [1.807, 2.05) is 114 Å². The molecular weight excluding hydrogens is 851 g/mol. The molecule has 12 heteroatoms. The first kappa shape index (κ1) is 44.1. The highest BCUT2D eigenvalue weighted by Crippen LogP contribution is 2.50. The summed E-state index contributed by atoms with van der Waals surface area (Å²) in [6.07, 6.45) is 2.42. The summed E-state index contributed by atoms with van der Waals surface area (Å²) in [5, 5.41) is 1.06. The topological polar surface area (TPSA) is 142 Å². The average Bonchev–Trinajstić information content (AvgIpc) is 3.72. The fourth-order valence-corrected chi connectivity index (χ4v) is 8.69. The van der Waals surface area contributed by atoms with E-state index in [1.54, 1.807) is 18.2 Å². The monoisotopic (exact) mass is 897 g/mol. The van der Waals surface area contributed by atoms with Crippen LogP contribution in [0.2, 0.25) is 0 Å². The van der Waals surface area contributed by atoms with Gasteiger partial charge in [-0.3, -0.25) is 14.4 Å². The van der Waals surface area contributed by atoms with Gasteiger partial charge in [-0.25, -0.2) is 4.79 Å². The summed E-state index contributed by atoms with van der Waals surface area (Å²) in [6, 6.07) is 41.1. The van der Waals surface area contributed by atoms with E-state index in [-0.39, 0.29) is 47.8 Å². The number of carbonyl (C=O) groups excluding carboxylic acids is 3. The number of aromatic nitrogens is 1. The molecule has 12 nitrogen and oxygen atoms in total. The first-order chi connectivity index (χ1) is 32.7. The highest BCUT2D eigenvalue weighted by molar-refractivity contribution is 6.17. The lowest BCUT2D eigenvalue weighted by Crippen LogP contribution is -2.16. The quantitative estimate of drug-likeness (QED) is 0.0520. The lowest BCUT2D eigenvalue weighted by atomic mass is 9.91. The van der Waals surface area contributed by atoms with Crippen molar-refractivity contribution in [2.45, 2.75) is 51.5 Å². The summed E-state index contributed by atoms with van der Waals surface area (Å²) in [5.41, 5.74) is 6.40. The SMILES string of the molecule is COc1cc(-c2c3n(c4c(=O)oc5cc(OC(=O)CCc6ccccc6)c(OC)cc5c24)CCc2cc(OC(=O)CCc4ccccc4)c(OC)cc2-3)ccc1OC(=O)CCc1ccccc1. The Balaban J connectivity index is 1.15. The minimum atomic E-state index is -0.614. The number of fused-ring (bicyclic) bond motifs is 7. The molecule has 0 amide bonds. The maximum atomic E-state index is 14.4. The number of nitrogens with zero attached hydrogens (tertiary/aromatic N) is 1. The first-order valence-electron chi connectivity index (χ1n) is 22.1. The third kappa shape index (κ3) is 9.37. The Morgan fingerprint density at radius 2 is 1.04 bits per heavy atom. The van der Waals surface area contributed by atoms with E-state index in [0.717, 1.165) is 27.8 Å². The van der Waals surface area contributed by atoms with Crippen LogP contribution in [0.25, 0.3) is 44.3 Å². The van der Waals surface area contributed by atoms with Crippen LogP contribution in [0.5, 0.6) is 34.5 Å². The highest BCUT2D eigenvalue weighted by atomic mass is 16.6. The molecule has 8 aromatic rings. The highest BCUT2D eigenvalue weighted by Gasteiger charge is 2.32. The minimum Gasteiger partial charge on any atom is -0.493 e. The maximum Gasteiger partial charge on any atom is 0.361 e. The van der Waals surface area contributed by atoms with Gasteiger partial charge in [-0.05, 0) is 83.8 Å². The molecule has 0 atom stereocenters. The molecule has 3 heterocycles. The Morgan fingerprint density at radius 3 is 1.58 bits per heavy atom. The largest absolute Gasteiger partial charge is 0.493 e. The summed E-state index contributed by atoms with van der Waals surface area (Å²) in [7, 11) is 4.48. The number of benzene rings is 6. The lowest BCUT2D eigenvalue weighted by Gasteiger charge is -2.23. The average molecular weight is 898 g/mol. The van der Waals surface area contributed by atoms with Crippen LogP contribution < -0.4 is 34.0 Å². The summed E-state index contributed by atoms with van der Waals surface area (Å²) >= 11 is 0. The van der Waals surface area contributed by atoms with Gasteiger partial charge in [0.2, 0.25) is 0 Å². The Bertz CT molecular complexity index is 3190. The van der Waals surface area contributed by atoms with Gasteiger partial charge in [0.15, 0.2) is 34.5 Å². The fraction of sp³-hybridized carbons (Fsp3) is 0.200. The number of carbonyl (C=O) groups is 3. The van der Waals surface area contributed by atoms with E-state index in [2.05, 4.69) is 0 Å². The van der Waals surface area contributed by atoms with Crippen molar-refractivity contribution in [2.75, 3.05) is 21.3 Å². The standard InChI is InChI=1S/C55H47NO11/c1-61-43-30-38(22-23-41(43)64-48(57)24-19-34-13-7-4-8-14-34)51-52-40-32-45(63-3)47(66-50(59)26-21-36-17-11-6-12-18-36)33-42(40)67-55(60)54(52)56-28-27-37-29-46(44(62-2)31-39(37)53(51)56)65-49(58)25-20-35-15-9-5-10-16-35/h4-18,22-23,29-33H,19-21,24-28H2,1-3H3. The molecule has 0 spiro atoms. The van der Waals surface area contributed by atoms with Gasteiger partial charge in [-0.15, -0.1) is 0 Å². The molecule has 6 aromatic carbocycles. The van der Waals surface area contributed by atoms with E-state index in [0.29, 0.717) is 76.8 Å². The normalized spacial score (nSPS) is 11.7. The van der Waals surface area contributed by atoms with E-state index in [1.165, 1.54) is 27.4 Å². The van der Waals surface area contributed by atoms with Crippen molar-refractivity contribution in [1.82, 2.24) is 4.57 Å². The van der Waals surface area contributed by atoms with E-state index in [9.17, 15) is 19.2 Å². The molecule has 0 bridgehead atoms. The zero-order valence-electron chi connectivity index (χ0n) is 37.3. The van der Waals surface area contributed by atoms with Crippen molar-refractivity contribution >= 4 is 39.8 Å². The number of rotatable bonds is 16. The van der Waals surface area contributed by atoms with Crippen molar-refractivity contribution in [3.8, 4) is 56.9 Å².